The van der Waals surface area contributed by atoms with E-state index in [0.29, 0.717) is 5.92 Å². The fourth-order valence-electron chi connectivity index (χ4n) is 2.23. The topological polar surface area (TPSA) is 37.3 Å². The van der Waals surface area contributed by atoms with Gasteiger partial charge in [-0.25, -0.2) is 4.98 Å². The van der Waals surface area contributed by atoms with E-state index in [9.17, 15) is 0 Å². The molecule has 3 rings (SSSR count). The number of hydrogen-bond donors (Lipinski definition) is 1. The molecule has 0 bridgehead atoms. The van der Waals surface area contributed by atoms with Crippen molar-refractivity contribution in [1.29, 1.82) is 0 Å². The van der Waals surface area contributed by atoms with Crippen LogP contribution in [0, 0.1) is 5.92 Å². The number of hydrogen-bond acceptors (Lipinski definition) is 4. The lowest BCUT2D eigenvalue weighted by Crippen LogP contribution is -2.04. The summed E-state index contributed by atoms with van der Waals surface area (Å²) in [6, 6.07) is 8.16. The second kappa shape index (κ2) is 7.00. The van der Waals surface area contributed by atoms with Gasteiger partial charge in [0, 0.05) is 21.6 Å². The number of halogens is 1. The molecule has 0 amide bonds. The molecule has 0 fully saturated rings. The van der Waals surface area contributed by atoms with Gasteiger partial charge in [-0.3, -0.25) is 5.43 Å². The van der Waals surface area contributed by atoms with Crippen LogP contribution in [0.1, 0.15) is 19.3 Å². The summed E-state index contributed by atoms with van der Waals surface area (Å²) >= 11 is 5.01. The van der Waals surface area contributed by atoms with E-state index < -0.39 is 0 Å². The van der Waals surface area contributed by atoms with Crippen molar-refractivity contribution >= 4 is 38.6 Å². The van der Waals surface area contributed by atoms with Crippen molar-refractivity contribution in [2.24, 2.45) is 11.0 Å². The minimum absolute atomic E-state index is 0.549. The van der Waals surface area contributed by atoms with Gasteiger partial charge in [0.2, 0.25) is 5.13 Å². The number of aromatic nitrogens is 1. The molecular formula is C16H16BrN3S. The standard InChI is InChI=1S/C16H16BrN3S/c17-14-8-6-13(7-9-14)15-11-21-16(19-15)20-18-10-12-4-2-1-3-5-12/h1-2,6-12H,3-5H2,(H,19,20)/b18-10-/t12-/m1/s1. The van der Waals surface area contributed by atoms with Gasteiger partial charge in [-0.1, -0.05) is 40.2 Å². The highest BCUT2D eigenvalue weighted by Crippen LogP contribution is 2.26. The number of anilines is 1. The van der Waals surface area contributed by atoms with E-state index in [0.717, 1.165) is 33.7 Å². The van der Waals surface area contributed by atoms with Crippen molar-refractivity contribution in [3.05, 3.63) is 46.3 Å². The number of thiazole rings is 1. The first kappa shape index (κ1) is 14.5. The normalized spacial score (nSPS) is 18.2. The molecule has 0 radical (unpaired) electrons. The highest BCUT2D eigenvalue weighted by Gasteiger charge is 2.07. The molecule has 0 aliphatic heterocycles. The molecule has 1 aromatic heterocycles. The van der Waals surface area contributed by atoms with Gasteiger partial charge in [0.25, 0.3) is 0 Å². The van der Waals surface area contributed by atoms with Gasteiger partial charge in [-0.05, 0) is 37.3 Å². The van der Waals surface area contributed by atoms with E-state index in [-0.39, 0.29) is 0 Å². The molecule has 0 unspecified atom stereocenters. The van der Waals surface area contributed by atoms with Crippen molar-refractivity contribution < 1.29 is 0 Å². The van der Waals surface area contributed by atoms with Crippen LogP contribution in [0.3, 0.4) is 0 Å². The first-order valence-corrected chi connectivity index (χ1v) is 8.64. The Labute approximate surface area is 136 Å². The number of hydrazone groups is 1. The van der Waals surface area contributed by atoms with E-state index in [1.165, 1.54) is 6.42 Å². The predicted octanol–water partition coefficient (Wildman–Crippen LogP) is 5.33. The summed E-state index contributed by atoms with van der Waals surface area (Å²) in [4.78, 5) is 4.56. The highest BCUT2D eigenvalue weighted by atomic mass is 79.9. The molecule has 5 heteroatoms. The molecule has 0 saturated carbocycles. The molecule has 1 aliphatic carbocycles. The minimum Gasteiger partial charge on any atom is -0.253 e. The summed E-state index contributed by atoms with van der Waals surface area (Å²) in [6.45, 7) is 0. The Morgan fingerprint density at radius 2 is 2.14 bits per heavy atom. The Balaban J connectivity index is 1.61. The molecule has 1 atom stereocenters. The van der Waals surface area contributed by atoms with Gasteiger partial charge in [-0.2, -0.15) is 5.10 Å². The van der Waals surface area contributed by atoms with Crippen molar-refractivity contribution in [1.82, 2.24) is 4.98 Å². The Bertz CT molecular complexity index is 646. The van der Waals surface area contributed by atoms with Gasteiger partial charge < -0.3 is 0 Å². The average molecular weight is 362 g/mol. The zero-order valence-corrected chi connectivity index (χ0v) is 13.9. The lowest BCUT2D eigenvalue weighted by Gasteiger charge is -2.11. The third-order valence-corrected chi connectivity index (χ3v) is 4.67. The van der Waals surface area contributed by atoms with E-state index in [1.807, 2.05) is 23.7 Å². The molecule has 1 aromatic carbocycles. The molecule has 108 valence electrons. The second-order valence-electron chi connectivity index (χ2n) is 4.98. The predicted molar refractivity (Wildman–Crippen MR) is 93.8 cm³/mol. The van der Waals surface area contributed by atoms with Crippen LogP contribution >= 0.6 is 27.3 Å². The second-order valence-corrected chi connectivity index (χ2v) is 6.75. The van der Waals surface area contributed by atoms with Gasteiger partial charge in [0.1, 0.15) is 0 Å². The van der Waals surface area contributed by atoms with E-state index >= 15 is 0 Å². The zero-order valence-electron chi connectivity index (χ0n) is 11.5. The average Bonchev–Trinajstić information content (AvgIpc) is 2.98. The maximum atomic E-state index is 4.56. The first-order chi connectivity index (χ1) is 10.3. The Kier molecular flexibility index (Phi) is 4.83. The van der Waals surface area contributed by atoms with Crippen LogP contribution in [-0.4, -0.2) is 11.2 Å². The van der Waals surface area contributed by atoms with Crippen LogP contribution < -0.4 is 5.43 Å². The van der Waals surface area contributed by atoms with Crippen molar-refractivity contribution in [2.75, 3.05) is 5.43 Å². The number of nitrogens with zero attached hydrogens (tertiary/aromatic N) is 2. The molecule has 1 heterocycles. The number of allylic oxidation sites excluding steroid dienone is 2. The Morgan fingerprint density at radius 1 is 1.29 bits per heavy atom. The van der Waals surface area contributed by atoms with Crippen molar-refractivity contribution in [3.8, 4) is 11.3 Å². The van der Waals surface area contributed by atoms with Crippen molar-refractivity contribution in [2.45, 2.75) is 19.3 Å². The third kappa shape index (κ3) is 4.02. The van der Waals surface area contributed by atoms with E-state index in [4.69, 9.17) is 0 Å². The summed E-state index contributed by atoms with van der Waals surface area (Å²) in [7, 11) is 0. The van der Waals surface area contributed by atoms with E-state index in [2.05, 4.69) is 55.7 Å². The minimum atomic E-state index is 0.549. The SMILES string of the molecule is Brc1ccc(-c2csc(N/N=C\[C@@H]3CC=CCC3)n2)cc1. The summed E-state index contributed by atoms with van der Waals surface area (Å²) in [5.74, 6) is 0.549. The summed E-state index contributed by atoms with van der Waals surface area (Å²) in [5, 5.41) is 7.19. The van der Waals surface area contributed by atoms with Crippen LogP contribution in [0.25, 0.3) is 11.3 Å². The lowest BCUT2D eigenvalue weighted by molar-refractivity contribution is 0.627. The molecule has 0 spiro atoms. The zero-order chi connectivity index (χ0) is 14.5. The van der Waals surface area contributed by atoms with Crippen LogP contribution in [0.2, 0.25) is 0 Å². The van der Waals surface area contributed by atoms with Gasteiger partial charge >= 0.3 is 0 Å². The molecule has 3 nitrogen and oxygen atoms in total. The first-order valence-electron chi connectivity index (χ1n) is 6.97. The van der Waals surface area contributed by atoms with Crippen molar-refractivity contribution in [3.63, 3.8) is 0 Å². The maximum absolute atomic E-state index is 4.56. The fraction of sp³-hybridized carbons (Fsp3) is 0.250. The van der Waals surface area contributed by atoms with Crippen LogP contribution in [0.5, 0.6) is 0 Å². The smallest absolute Gasteiger partial charge is 0.203 e. The highest BCUT2D eigenvalue weighted by molar-refractivity contribution is 9.10. The Hall–Kier alpha value is -1.46. The summed E-state index contributed by atoms with van der Waals surface area (Å²) in [5.41, 5.74) is 5.13. The van der Waals surface area contributed by atoms with Gasteiger partial charge in [0.15, 0.2) is 0 Å². The third-order valence-electron chi connectivity index (χ3n) is 3.40. The fourth-order valence-corrected chi connectivity index (χ4v) is 3.16. The van der Waals surface area contributed by atoms with E-state index in [1.54, 1.807) is 11.3 Å². The largest absolute Gasteiger partial charge is 0.253 e. The molecule has 1 N–H and O–H groups in total. The molecule has 21 heavy (non-hydrogen) atoms. The molecular weight excluding hydrogens is 346 g/mol. The van der Waals surface area contributed by atoms with Crippen LogP contribution in [0.15, 0.2) is 51.4 Å². The summed E-state index contributed by atoms with van der Waals surface area (Å²) in [6.07, 6.45) is 9.90. The van der Waals surface area contributed by atoms with Crippen LogP contribution in [-0.2, 0) is 0 Å². The molecule has 2 aromatic rings. The quantitative estimate of drug-likeness (QED) is 0.454. The molecule has 1 aliphatic rings. The monoisotopic (exact) mass is 361 g/mol. The number of rotatable bonds is 4. The Morgan fingerprint density at radius 3 is 2.90 bits per heavy atom. The number of nitrogens with one attached hydrogen (secondary N) is 1. The lowest BCUT2D eigenvalue weighted by atomic mass is 9.96. The van der Waals surface area contributed by atoms with Gasteiger partial charge in [-0.15, -0.1) is 11.3 Å². The maximum Gasteiger partial charge on any atom is 0.203 e. The number of benzene rings is 1. The van der Waals surface area contributed by atoms with Gasteiger partial charge in [0.05, 0.1) is 5.69 Å². The molecule has 0 saturated heterocycles. The summed E-state index contributed by atoms with van der Waals surface area (Å²) < 4.78 is 1.07. The van der Waals surface area contributed by atoms with Crippen LogP contribution in [0.4, 0.5) is 5.13 Å².